The zero-order valence-electron chi connectivity index (χ0n) is 11.3. The van der Waals surface area contributed by atoms with Gasteiger partial charge in [-0.15, -0.1) is 0 Å². The number of thioether (sulfide) groups is 2. The average Bonchev–Trinajstić information content (AvgIpc) is 2.25. The van der Waals surface area contributed by atoms with Crippen LogP contribution >= 0.6 is 23.5 Å². The molecule has 0 unspecified atom stereocenters. The van der Waals surface area contributed by atoms with Gasteiger partial charge in [0.1, 0.15) is 0 Å². The van der Waals surface area contributed by atoms with Gasteiger partial charge in [0.15, 0.2) is 0 Å². The molecule has 1 heterocycles. The third-order valence-electron chi connectivity index (χ3n) is 2.77. The molecule has 0 aromatic carbocycles. The number of urea groups is 1. The molecule has 0 radical (unpaired) electrons. The van der Waals surface area contributed by atoms with Crippen LogP contribution in [0.1, 0.15) is 20.8 Å². The Morgan fingerprint density at radius 3 is 2.88 bits per heavy atom. The third kappa shape index (κ3) is 5.42. The number of carbonyl (C=O) groups excluding carboxylic acids is 1. The Kier molecular flexibility index (Phi) is 6.00. The lowest BCUT2D eigenvalue weighted by Gasteiger charge is -2.37. The summed E-state index contributed by atoms with van der Waals surface area (Å²) in [4.78, 5) is 13.9. The zero-order chi connectivity index (χ0) is 12.9. The monoisotopic (exact) mass is 276 g/mol. The van der Waals surface area contributed by atoms with Crippen molar-refractivity contribution >= 4 is 29.6 Å². The minimum absolute atomic E-state index is 0.103. The van der Waals surface area contributed by atoms with Crippen LogP contribution in [0.5, 0.6) is 0 Å². The summed E-state index contributed by atoms with van der Waals surface area (Å²) in [6.45, 7) is 9.08. The number of hydrogen-bond donors (Lipinski definition) is 1. The second-order valence-electron chi connectivity index (χ2n) is 5.28. The van der Waals surface area contributed by atoms with Gasteiger partial charge < -0.3 is 10.2 Å². The smallest absolute Gasteiger partial charge is 0.317 e. The summed E-state index contributed by atoms with van der Waals surface area (Å²) in [5.74, 6) is 2.68. The molecule has 0 aromatic heterocycles. The van der Waals surface area contributed by atoms with E-state index in [0.717, 1.165) is 31.1 Å². The summed E-state index contributed by atoms with van der Waals surface area (Å²) >= 11 is 3.78. The predicted molar refractivity (Wildman–Crippen MR) is 79.1 cm³/mol. The fourth-order valence-electron chi connectivity index (χ4n) is 1.91. The van der Waals surface area contributed by atoms with E-state index in [0.29, 0.717) is 5.92 Å². The molecule has 17 heavy (non-hydrogen) atoms. The van der Waals surface area contributed by atoms with Crippen molar-refractivity contribution in [2.75, 3.05) is 37.4 Å². The molecule has 1 aliphatic heterocycles. The van der Waals surface area contributed by atoms with Gasteiger partial charge in [-0.05, 0) is 31.8 Å². The van der Waals surface area contributed by atoms with E-state index in [1.165, 1.54) is 0 Å². The quantitative estimate of drug-likeness (QED) is 0.856. The molecule has 5 heteroatoms. The van der Waals surface area contributed by atoms with Crippen LogP contribution in [0.2, 0.25) is 0 Å². The molecular weight excluding hydrogens is 252 g/mol. The van der Waals surface area contributed by atoms with Crippen LogP contribution < -0.4 is 5.32 Å². The van der Waals surface area contributed by atoms with E-state index in [4.69, 9.17) is 0 Å². The van der Waals surface area contributed by atoms with E-state index < -0.39 is 0 Å². The number of nitrogens with one attached hydrogen (secondary N) is 1. The minimum Gasteiger partial charge on any atom is -0.338 e. The minimum atomic E-state index is 0.103. The lowest BCUT2D eigenvalue weighted by molar-refractivity contribution is 0.193. The SMILES string of the molecule is CSC[C@@H](C)CNC(=O)N1CCSC(C)(C)C1. The first-order chi connectivity index (χ1) is 7.94. The molecule has 1 N–H and O–H groups in total. The first-order valence-electron chi connectivity index (χ1n) is 6.10. The molecule has 1 rings (SSSR count). The zero-order valence-corrected chi connectivity index (χ0v) is 12.9. The molecule has 0 bridgehead atoms. The van der Waals surface area contributed by atoms with Crippen molar-refractivity contribution in [3.63, 3.8) is 0 Å². The molecule has 1 aliphatic rings. The largest absolute Gasteiger partial charge is 0.338 e. The highest BCUT2D eigenvalue weighted by Crippen LogP contribution is 2.29. The molecule has 0 saturated carbocycles. The number of carbonyl (C=O) groups is 1. The van der Waals surface area contributed by atoms with Crippen LogP contribution in [0.25, 0.3) is 0 Å². The van der Waals surface area contributed by atoms with Gasteiger partial charge in [-0.25, -0.2) is 4.79 Å². The standard InChI is InChI=1S/C12H24N2OS2/c1-10(8-16-4)7-13-11(15)14-5-6-17-12(2,3)9-14/h10H,5-9H2,1-4H3,(H,13,15)/t10-/m0/s1. The summed E-state index contributed by atoms with van der Waals surface area (Å²) < 4.78 is 0.195. The van der Waals surface area contributed by atoms with Gasteiger partial charge >= 0.3 is 6.03 Å². The van der Waals surface area contributed by atoms with E-state index >= 15 is 0 Å². The first kappa shape index (κ1) is 15.0. The van der Waals surface area contributed by atoms with E-state index in [9.17, 15) is 4.79 Å². The molecule has 0 spiro atoms. The van der Waals surface area contributed by atoms with E-state index in [-0.39, 0.29) is 10.8 Å². The summed E-state index contributed by atoms with van der Waals surface area (Å²) in [7, 11) is 0. The average molecular weight is 276 g/mol. The highest BCUT2D eigenvalue weighted by atomic mass is 32.2. The second-order valence-corrected chi connectivity index (χ2v) is 7.99. The van der Waals surface area contributed by atoms with Crippen molar-refractivity contribution in [3.05, 3.63) is 0 Å². The summed E-state index contributed by atoms with van der Waals surface area (Å²) in [5, 5.41) is 3.04. The van der Waals surface area contributed by atoms with Gasteiger partial charge in [0.25, 0.3) is 0 Å². The summed E-state index contributed by atoms with van der Waals surface area (Å²) in [5.41, 5.74) is 0. The topological polar surface area (TPSA) is 32.3 Å². The van der Waals surface area contributed by atoms with E-state index in [1.807, 2.05) is 28.4 Å². The summed E-state index contributed by atoms with van der Waals surface area (Å²) in [6.07, 6.45) is 2.10. The highest BCUT2D eigenvalue weighted by Gasteiger charge is 2.29. The normalized spacial score (nSPS) is 21.1. The lowest BCUT2D eigenvalue weighted by Crippen LogP contribution is -2.50. The van der Waals surface area contributed by atoms with Crippen LogP contribution in [0.15, 0.2) is 0 Å². The maximum absolute atomic E-state index is 12.0. The Labute approximate surface area is 113 Å². The lowest BCUT2D eigenvalue weighted by atomic mass is 10.2. The molecule has 0 aromatic rings. The van der Waals surface area contributed by atoms with Crippen LogP contribution in [-0.2, 0) is 0 Å². The molecule has 0 aliphatic carbocycles. The third-order valence-corrected chi connectivity index (χ3v) is 4.97. The van der Waals surface area contributed by atoms with E-state index in [1.54, 1.807) is 0 Å². The van der Waals surface area contributed by atoms with Crippen molar-refractivity contribution in [2.45, 2.75) is 25.5 Å². The van der Waals surface area contributed by atoms with Gasteiger partial charge in [-0.3, -0.25) is 0 Å². The molecule has 3 nitrogen and oxygen atoms in total. The van der Waals surface area contributed by atoms with Crippen molar-refractivity contribution in [3.8, 4) is 0 Å². The van der Waals surface area contributed by atoms with Crippen LogP contribution in [0.3, 0.4) is 0 Å². The van der Waals surface area contributed by atoms with Gasteiger partial charge in [0.05, 0.1) is 0 Å². The Bertz CT molecular complexity index is 259. The molecular formula is C12H24N2OS2. The Balaban J connectivity index is 2.32. The van der Waals surface area contributed by atoms with Gasteiger partial charge in [-0.1, -0.05) is 6.92 Å². The molecule has 1 fully saturated rings. The van der Waals surface area contributed by atoms with Crippen molar-refractivity contribution in [1.29, 1.82) is 0 Å². The summed E-state index contributed by atoms with van der Waals surface area (Å²) in [6, 6.07) is 0.103. The van der Waals surface area contributed by atoms with Crippen LogP contribution in [0.4, 0.5) is 4.79 Å². The Hall–Kier alpha value is -0.0300. The Morgan fingerprint density at radius 1 is 1.59 bits per heavy atom. The number of amides is 2. The van der Waals surface area contributed by atoms with Crippen LogP contribution in [0, 0.1) is 5.92 Å². The highest BCUT2D eigenvalue weighted by molar-refractivity contribution is 8.00. The molecule has 1 atom stereocenters. The number of hydrogen-bond acceptors (Lipinski definition) is 3. The second kappa shape index (κ2) is 6.78. The fraction of sp³-hybridized carbons (Fsp3) is 0.917. The molecule has 1 saturated heterocycles. The maximum atomic E-state index is 12.0. The van der Waals surface area contributed by atoms with Crippen molar-refractivity contribution < 1.29 is 4.79 Å². The fourth-order valence-corrected chi connectivity index (χ4v) is 3.70. The maximum Gasteiger partial charge on any atom is 0.317 e. The van der Waals surface area contributed by atoms with E-state index in [2.05, 4.69) is 32.3 Å². The number of rotatable bonds is 4. The van der Waals surface area contributed by atoms with Gasteiger partial charge in [-0.2, -0.15) is 23.5 Å². The van der Waals surface area contributed by atoms with Crippen molar-refractivity contribution in [1.82, 2.24) is 10.2 Å². The number of nitrogens with zero attached hydrogens (tertiary/aromatic N) is 1. The predicted octanol–water partition coefficient (Wildman–Crippen LogP) is 2.52. The molecule has 2 amide bonds. The first-order valence-corrected chi connectivity index (χ1v) is 8.48. The van der Waals surface area contributed by atoms with Crippen LogP contribution in [-0.4, -0.2) is 53.1 Å². The van der Waals surface area contributed by atoms with Gasteiger partial charge in [0.2, 0.25) is 0 Å². The van der Waals surface area contributed by atoms with Crippen molar-refractivity contribution in [2.24, 2.45) is 5.92 Å². The van der Waals surface area contributed by atoms with Gasteiger partial charge in [0, 0.05) is 30.1 Å². The molecule has 100 valence electrons. The Morgan fingerprint density at radius 2 is 2.29 bits per heavy atom.